The van der Waals surface area contributed by atoms with E-state index in [4.69, 9.17) is 4.74 Å². The molecule has 0 bridgehead atoms. The molecular formula is C12H17NO4S. The van der Waals surface area contributed by atoms with E-state index in [9.17, 15) is 13.5 Å². The Kier molecular flexibility index (Phi) is 3.77. The Morgan fingerprint density at radius 3 is 2.50 bits per heavy atom. The molecule has 1 aromatic carbocycles. The number of aromatic hydroxyl groups is 1. The largest absolute Gasteiger partial charge is 0.504 e. The molecule has 0 amide bonds. The molecule has 0 atom stereocenters. The van der Waals surface area contributed by atoms with E-state index in [0.717, 1.165) is 19.3 Å². The van der Waals surface area contributed by atoms with Crippen molar-refractivity contribution in [2.45, 2.75) is 24.2 Å². The third-order valence-electron chi connectivity index (χ3n) is 3.10. The Morgan fingerprint density at radius 2 is 1.89 bits per heavy atom. The van der Waals surface area contributed by atoms with Gasteiger partial charge in [-0.3, -0.25) is 0 Å². The monoisotopic (exact) mass is 271 g/mol. The predicted molar refractivity (Wildman–Crippen MR) is 67.3 cm³/mol. The molecule has 18 heavy (non-hydrogen) atoms. The number of ether oxygens (including phenoxy) is 1. The summed E-state index contributed by atoms with van der Waals surface area (Å²) in [4.78, 5) is 0.166. The Bertz CT molecular complexity index is 521. The maximum Gasteiger partial charge on any atom is 0.243 e. The van der Waals surface area contributed by atoms with Crippen molar-refractivity contribution in [1.29, 1.82) is 0 Å². The van der Waals surface area contributed by atoms with Crippen molar-refractivity contribution in [1.82, 2.24) is 4.31 Å². The van der Waals surface area contributed by atoms with Crippen molar-refractivity contribution in [3.05, 3.63) is 18.2 Å². The summed E-state index contributed by atoms with van der Waals surface area (Å²) in [6.07, 6.45) is 2.87. The molecule has 0 radical (unpaired) electrons. The topological polar surface area (TPSA) is 66.8 Å². The van der Waals surface area contributed by atoms with Gasteiger partial charge in [0.25, 0.3) is 0 Å². The van der Waals surface area contributed by atoms with Gasteiger partial charge in [0.2, 0.25) is 10.0 Å². The van der Waals surface area contributed by atoms with E-state index >= 15 is 0 Å². The Labute approximate surface area is 107 Å². The van der Waals surface area contributed by atoms with E-state index in [1.807, 2.05) is 0 Å². The SMILES string of the molecule is COc1cc(S(=O)(=O)N2CCCCC2)ccc1O. The average Bonchev–Trinajstić information content (AvgIpc) is 2.40. The molecule has 0 aliphatic carbocycles. The first-order chi connectivity index (χ1) is 8.55. The van der Waals surface area contributed by atoms with E-state index in [1.54, 1.807) is 0 Å². The molecule has 0 aromatic heterocycles. The fourth-order valence-electron chi connectivity index (χ4n) is 2.07. The third kappa shape index (κ3) is 2.44. The van der Waals surface area contributed by atoms with Gasteiger partial charge in [-0.15, -0.1) is 0 Å². The maximum atomic E-state index is 12.4. The van der Waals surface area contributed by atoms with Gasteiger partial charge in [-0.05, 0) is 25.0 Å². The number of hydrogen-bond acceptors (Lipinski definition) is 4. The molecule has 0 spiro atoms. The molecule has 0 unspecified atom stereocenters. The van der Waals surface area contributed by atoms with Crippen LogP contribution in [-0.4, -0.2) is 38.0 Å². The number of phenols is 1. The summed E-state index contributed by atoms with van der Waals surface area (Å²) in [6.45, 7) is 1.12. The van der Waals surface area contributed by atoms with E-state index in [2.05, 4.69) is 0 Å². The lowest BCUT2D eigenvalue weighted by atomic mass is 10.2. The first kappa shape index (κ1) is 13.2. The highest BCUT2D eigenvalue weighted by molar-refractivity contribution is 7.89. The van der Waals surface area contributed by atoms with Crippen LogP contribution in [0.5, 0.6) is 11.5 Å². The van der Waals surface area contributed by atoms with Gasteiger partial charge >= 0.3 is 0 Å². The molecule has 6 heteroatoms. The quantitative estimate of drug-likeness (QED) is 0.906. The fourth-order valence-corrected chi connectivity index (χ4v) is 3.61. The van der Waals surface area contributed by atoms with Crippen LogP contribution in [0.3, 0.4) is 0 Å². The standard InChI is InChI=1S/C12H17NO4S/c1-17-12-9-10(5-6-11(12)14)18(15,16)13-7-3-2-4-8-13/h5-6,9,14H,2-4,7-8H2,1H3. The number of piperidine rings is 1. The Hall–Kier alpha value is -1.27. The molecule has 1 saturated heterocycles. The highest BCUT2D eigenvalue weighted by Gasteiger charge is 2.26. The highest BCUT2D eigenvalue weighted by Crippen LogP contribution is 2.30. The van der Waals surface area contributed by atoms with Crippen LogP contribution in [0.4, 0.5) is 0 Å². The van der Waals surface area contributed by atoms with Crippen molar-refractivity contribution < 1.29 is 18.3 Å². The van der Waals surface area contributed by atoms with Gasteiger partial charge in [-0.2, -0.15) is 4.31 Å². The normalized spacial score (nSPS) is 17.6. The molecule has 1 N–H and O–H groups in total. The van der Waals surface area contributed by atoms with E-state index < -0.39 is 10.0 Å². The van der Waals surface area contributed by atoms with Gasteiger partial charge in [0.1, 0.15) is 0 Å². The second-order valence-corrected chi connectivity index (χ2v) is 6.24. The number of rotatable bonds is 3. The van der Waals surface area contributed by atoms with Crippen LogP contribution in [0, 0.1) is 0 Å². The van der Waals surface area contributed by atoms with Gasteiger partial charge in [0, 0.05) is 19.2 Å². The lowest BCUT2D eigenvalue weighted by Gasteiger charge is -2.26. The Morgan fingerprint density at radius 1 is 1.22 bits per heavy atom. The molecule has 5 nitrogen and oxygen atoms in total. The zero-order valence-corrected chi connectivity index (χ0v) is 11.1. The number of hydrogen-bond donors (Lipinski definition) is 1. The van der Waals surface area contributed by atoms with Crippen molar-refractivity contribution >= 4 is 10.0 Å². The first-order valence-corrected chi connectivity index (χ1v) is 7.37. The number of nitrogens with zero attached hydrogens (tertiary/aromatic N) is 1. The van der Waals surface area contributed by atoms with Gasteiger partial charge in [0.15, 0.2) is 11.5 Å². The fraction of sp³-hybridized carbons (Fsp3) is 0.500. The van der Waals surface area contributed by atoms with Crippen LogP contribution in [0.2, 0.25) is 0 Å². The number of methoxy groups -OCH3 is 1. The lowest BCUT2D eigenvalue weighted by molar-refractivity contribution is 0.345. The van der Waals surface area contributed by atoms with Crippen LogP contribution in [-0.2, 0) is 10.0 Å². The number of sulfonamides is 1. The third-order valence-corrected chi connectivity index (χ3v) is 5.00. The molecule has 2 rings (SSSR count). The molecule has 1 heterocycles. The molecule has 0 saturated carbocycles. The predicted octanol–water partition coefficient (Wildman–Crippen LogP) is 1.58. The van der Waals surface area contributed by atoms with Crippen molar-refractivity contribution in [3.63, 3.8) is 0 Å². The zero-order valence-electron chi connectivity index (χ0n) is 10.3. The minimum absolute atomic E-state index is 0.0601. The average molecular weight is 271 g/mol. The van der Waals surface area contributed by atoms with E-state index in [0.29, 0.717) is 13.1 Å². The van der Waals surface area contributed by atoms with Crippen molar-refractivity contribution in [3.8, 4) is 11.5 Å². The van der Waals surface area contributed by atoms with Gasteiger partial charge in [-0.25, -0.2) is 8.42 Å². The molecule has 1 aliphatic heterocycles. The van der Waals surface area contributed by atoms with Gasteiger partial charge < -0.3 is 9.84 Å². The van der Waals surface area contributed by atoms with Crippen LogP contribution >= 0.6 is 0 Å². The summed E-state index contributed by atoms with van der Waals surface area (Å²) in [7, 11) is -2.07. The second-order valence-electron chi connectivity index (χ2n) is 4.30. The molecule has 1 fully saturated rings. The molecule has 1 aliphatic rings. The zero-order chi connectivity index (χ0) is 13.2. The summed E-state index contributed by atoms with van der Waals surface area (Å²) in [5, 5.41) is 9.48. The van der Waals surface area contributed by atoms with Gasteiger partial charge in [0.05, 0.1) is 12.0 Å². The second kappa shape index (κ2) is 5.16. The molecule has 1 aromatic rings. The minimum Gasteiger partial charge on any atom is -0.504 e. The summed E-state index contributed by atoms with van der Waals surface area (Å²) >= 11 is 0. The summed E-state index contributed by atoms with van der Waals surface area (Å²) in [5.41, 5.74) is 0. The van der Waals surface area contributed by atoms with Crippen LogP contribution in [0.1, 0.15) is 19.3 Å². The smallest absolute Gasteiger partial charge is 0.243 e. The number of phenolic OH excluding ortho intramolecular Hbond substituents is 1. The Balaban J connectivity index is 2.34. The minimum atomic E-state index is -3.47. The van der Waals surface area contributed by atoms with Crippen molar-refractivity contribution in [2.75, 3.05) is 20.2 Å². The summed E-state index contributed by atoms with van der Waals surface area (Å²) in [6, 6.07) is 4.11. The first-order valence-electron chi connectivity index (χ1n) is 5.93. The van der Waals surface area contributed by atoms with Gasteiger partial charge in [-0.1, -0.05) is 6.42 Å². The summed E-state index contributed by atoms with van der Waals surface area (Å²) in [5.74, 6) is 0.114. The molecule has 100 valence electrons. The van der Waals surface area contributed by atoms with Crippen LogP contribution < -0.4 is 4.74 Å². The van der Waals surface area contributed by atoms with Crippen LogP contribution in [0.15, 0.2) is 23.1 Å². The maximum absolute atomic E-state index is 12.4. The summed E-state index contributed by atoms with van der Waals surface area (Å²) < 4.78 is 31.1. The molecular weight excluding hydrogens is 254 g/mol. The van der Waals surface area contributed by atoms with E-state index in [1.165, 1.54) is 29.6 Å². The van der Waals surface area contributed by atoms with E-state index in [-0.39, 0.29) is 16.4 Å². The number of benzene rings is 1. The van der Waals surface area contributed by atoms with Crippen molar-refractivity contribution in [2.24, 2.45) is 0 Å². The lowest BCUT2D eigenvalue weighted by Crippen LogP contribution is -2.35. The highest BCUT2D eigenvalue weighted by atomic mass is 32.2. The van der Waals surface area contributed by atoms with Crippen LogP contribution in [0.25, 0.3) is 0 Å².